The lowest BCUT2D eigenvalue weighted by atomic mass is 9.67. The third kappa shape index (κ3) is 3.95. The summed E-state index contributed by atoms with van der Waals surface area (Å²) in [5.74, 6) is 0.434. The number of benzene rings is 2. The maximum Gasteiger partial charge on any atom is 0.410 e. The van der Waals surface area contributed by atoms with Crippen molar-refractivity contribution in [1.82, 2.24) is 4.90 Å². The summed E-state index contributed by atoms with van der Waals surface area (Å²) >= 11 is 0. The molecule has 5 heteroatoms. The lowest BCUT2D eigenvalue weighted by Gasteiger charge is -2.36. The molecule has 2 aromatic carbocycles. The quantitative estimate of drug-likeness (QED) is 0.503. The van der Waals surface area contributed by atoms with Gasteiger partial charge in [0.1, 0.15) is 5.60 Å². The molecule has 0 saturated carbocycles. The molecule has 0 aromatic heterocycles. The van der Waals surface area contributed by atoms with E-state index in [1.165, 1.54) is 5.56 Å². The molecule has 1 fully saturated rings. The minimum absolute atomic E-state index is 0.0871. The number of amides is 1. The molecule has 1 amide bonds. The van der Waals surface area contributed by atoms with Crippen LogP contribution in [0.15, 0.2) is 42.0 Å². The Bertz CT molecular complexity index is 1310. The Balaban J connectivity index is 1.40. The molecule has 2 aromatic rings. The van der Waals surface area contributed by atoms with Crippen molar-refractivity contribution in [2.24, 2.45) is 0 Å². The molecule has 0 spiro atoms. The van der Waals surface area contributed by atoms with Gasteiger partial charge in [0.2, 0.25) is 0 Å². The highest BCUT2D eigenvalue weighted by Crippen LogP contribution is 2.50. The zero-order chi connectivity index (χ0) is 25.1. The fraction of sp³-hybridized carbons (Fsp3) is 0.433. The van der Waals surface area contributed by atoms with Crippen molar-refractivity contribution >= 4 is 17.4 Å². The van der Waals surface area contributed by atoms with Crippen LogP contribution in [0.3, 0.4) is 0 Å². The van der Waals surface area contributed by atoms with Gasteiger partial charge in [-0.2, -0.15) is 5.26 Å². The van der Waals surface area contributed by atoms with Crippen molar-refractivity contribution in [2.45, 2.75) is 70.8 Å². The third-order valence-electron chi connectivity index (χ3n) is 7.73. The molecular weight excluding hydrogens is 436 g/mol. The van der Waals surface area contributed by atoms with Gasteiger partial charge in [0.05, 0.1) is 11.6 Å². The number of nitriles is 1. The Morgan fingerprint density at radius 1 is 1.09 bits per heavy atom. The van der Waals surface area contributed by atoms with E-state index >= 15 is 0 Å². The molecular formula is C30H32N2O3. The number of ether oxygens (including phenoxy) is 1. The van der Waals surface area contributed by atoms with Gasteiger partial charge in [0.15, 0.2) is 5.78 Å². The van der Waals surface area contributed by atoms with Crippen LogP contribution in [-0.2, 0) is 16.6 Å². The predicted molar refractivity (Wildman–Crippen MR) is 135 cm³/mol. The highest BCUT2D eigenvalue weighted by atomic mass is 16.6. The van der Waals surface area contributed by atoms with Crippen LogP contribution in [-0.4, -0.2) is 35.5 Å². The van der Waals surface area contributed by atoms with Gasteiger partial charge in [0.25, 0.3) is 0 Å². The number of piperidine rings is 1. The second-order valence-electron chi connectivity index (χ2n) is 11.5. The summed E-state index contributed by atoms with van der Waals surface area (Å²) in [7, 11) is 0. The summed E-state index contributed by atoms with van der Waals surface area (Å²) in [5.41, 5.74) is 6.97. The number of likely N-dealkylation sites (tertiary alicyclic amines) is 1. The lowest BCUT2D eigenvalue weighted by molar-refractivity contribution is 0.0204. The largest absolute Gasteiger partial charge is 0.444 e. The Labute approximate surface area is 207 Å². The van der Waals surface area contributed by atoms with E-state index < -0.39 is 5.60 Å². The summed E-state index contributed by atoms with van der Waals surface area (Å²) in [6.07, 6.45) is 2.22. The number of ketones is 1. The van der Waals surface area contributed by atoms with Gasteiger partial charge in [-0.3, -0.25) is 4.79 Å². The van der Waals surface area contributed by atoms with Crippen molar-refractivity contribution in [3.63, 3.8) is 0 Å². The summed E-state index contributed by atoms with van der Waals surface area (Å²) in [5, 5.41) is 9.32. The topological polar surface area (TPSA) is 70.4 Å². The fourth-order valence-corrected chi connectivity index (χ4v) is 5.84. The van der Waals surface area contributed by atoms with Crippen LogP contribution in [0.4, 0.5) is 4.79 Å². The third-order valence-corrected chi connectivity index (χ3v) is 7.73. The molecule has 0 atom stereocenters. The van der Waals surface area contributed by atoms with Crippen molar-refractivity contribution in [1.29, 1.82) is 5.26 Å². The zero-order valence-corrected chi connectivity index (χ0v) is 21.2. The van der Waals surface area contributed by atoms with Crippen molar-refractivity contribution < 1.29 is 14.3 Å². The van der Waals surface area contributed by atoms with E-state index in [0.717, 1.165) is 46.2 Å². The molecule has 0 N–H and O–H groups in total. The molecule has 2 aliphatic carbocycles. The number of fused-ring (bicyclic) bond motifs is 3. The molecule has 1 saturated heterocycles. The van der Waals surface area contributed by atoms with Crippen LogP contribution >= 0.6 is 0 Å². The average molecular weight is 469 g/mol. The molecule has 0 bridgehead atoms. The van der Waals surface area contributed by atoms with Gasteiger partial charge < -0.3 is 9.64 Å². The van der Waals surface area contributed by atoms with E-state index in [9.17, 15) is 14.9 Å². The first-order valence-electron chi connectivity index (χ1n) is 12.4. The van der Waals surface area contributed by atoms with Crippen LogP contribution in [0.25, 0.3) is 5.57 Å². The maximum atomic E-state index is 13.6. The number of carbonyl (C=O) groups is 2. The predicted octanol–water partition coefficient (Wildman–Crippen LogP) is 6.16. The fourth-order valence-electron chi connectivity index (χ4n) is 5.84. The second kappa shape index (κ2) is 8.09. The van der Waals surface area contributed by atoms with Gasteiger partial charge in [-0.15, -0.1) is 0 Å². The number of carbonyl (C=O) groups excluding carboxylic acids is 2. The molecule has 0 radical (unpaired) electrons. The molecule has 3 aliphatic rings. The molecule has 5 nitrogen and oxygen atoms in total. The first kappa shape index (κ1) is 23.4. The number of Topliss-reactive ketones (excluding diaryl/α,β-unsaturated/α-hetero) is 1. The number of rotatable bonds is 1. The van der Waals surface area contributed by atoms with E-state index in [1.807, 2.05) is 39.0 Å². The van der Waals surface area contributed by atoms with E-state index in [0.29, 0.717) is 31.0 Å². The van der Waals surface area contributed by atoms with Crippen molar-refractivity contribution in [2.75, 3.05) is 13.1 Å². The summed E-state index contributed by atoms with van der Waals surface area (Å²) in [4.78, 5) is 27.9. The Hall–Kier alpha value is -3.39. The van der Waals surface area contributed by atoms with Crippen LogP contribution in [0.2, 0.25) is 0 Å². The van der Waals surface area contributed by atoms with E-state index in [2.05, 4.69) is 32.0 Å². The van der Waals surface area contributed by atoms with Crippen LogP contribution in [0.5, 0.6) is 0 Å². The van der Waals surface area contributed by atoms with Gasteiger partial charge in [-0.1, -0.05) is 38.1 Å². The highest BCUT2D eigenvalue weighted by molar-refractivity contribution is 6.33. The standard InChI is InChI=1S/C30H32N2O3/c1-29(2,3)35-28(34)32-12-10-19(11-13-32)20-7-9-23-24(15-20)30(4,5)25-16-21-14-18(17-31)6-8-22(21)26(25)27(23)33/h6-9,14-15,19H,10-13,16H2,1-5H3. The van der Waals surface area contributed by atoms with E-state index in [4.69, 9.17) is 4.74 Å². The Morgan fingerprint density at radius 3 is 2.43 bits per heavy atom. The minimum Gasteiger partial charge on any atom is -0.444 e. The average Bonchev–Trinajstić information content (AvgIpc) is 3.21. The maximum absolute atomic E-state index is 13.6. The van der Waals surface area contributed by atoms with Crippen molar-refractivity contribution in [3.05, 3.63) is 75.4 Å². The monoisotopic (exact) mass is 468 g/mol. The zero-order valence-electron chi connectivity index (χ0n) is 21.2. The molecule has 1 aliphatic heterocycles. The summed E-state index contributed by atoms with van der Waals surface area (Å²) < 4.78 is 5.54. The van der Waals surface area contributed by atoms with Gasteiger partial charge in [-0.05, 0) is 85.9 Å². The van der Waals surface area contributed by atoms with Crippen molar-refractivity contribution in [3.8, 4) is 6.07 Å². The normalized spacial score (nSPS) is 19.1. The molecule has 0 unspecified atom stereocenters. The van der Waals surface area contributed by atoms with Gasteiger partial charge in [-0.25, -0.2) is 4.79 Å². The van der Waals surface area contributed by atoms with E-state index in [-0.39, 0.29) is 17.3 Å². The van der Waals surface area contributed by atoms with Crippen LogP contribution in [0.1, 0.15) is 91.6 Å². The van der Waals surface area contributed by atoms with Crippen LogP contribution < -0.4 is 0 Å². The summed E-state index contributed by atoms with van der Waals surface area (Å²) in [6, 6.07) is 14.2. The highest BCUT2D eigenvalue weighted by Gasteiger charge is 2.43. The lowest BCUT2D eigenvalue weighted by Crippen LogP contribution is -2.41. The molecule has 1 heterocycles. The SMILES string of the molecule is CC(C)(C)OC(=O)N1CCC(c2ccc3c(c2)C(C)(C)C2=C(C3=O)c3ccc(C#N)cc3C2)CC1. The molecule has 5 rings (SSSR count). The molecule has 180 valence electrons. The number of allylic oxidation sites excluding steroid dienone is 2. The van der Waals surface area contributed by atoms with Gasteiger partial charge >= 0.3 is 6.09 Å². The number of hydrogen-bond acceptors (Lipinski definition) is 4. The number of nitrogens with zero attached hydrogens (tertiary/aromatic N) is 2. The summed E-state index contributed by atoms with van der Waals surface area (Å²) in [6.45, 7) is 11.4. The first-order chi connectivity index (χ1) is 16.5. The van der Waals surface area contributed by atoms with Gasteiger partial charge in [0, 0.05) is 29.6 Å². The minimum atomic E-state index is -0.492. The smallest absolute Gasteiger partial charge is 0.410 e. The first-order valence-corrected chi connectivity index (χ1v) is 12.4. The van der Waals surface area contributed by atoms with E-state index in [1.54, 1.807) is 11.0 Å². The number of hydrogen-bond donors (Lipinski definition) is 0. The Morgan fingerprint density at radius 2 is 1.77 bits per heavy atom. The Kier molecular flexibility index (Phi) is 5.40. The molecule has 35 heavy (non-hydrogen) atoms. The second-order valence-corrected chi connectivity index (χ2v) is 11.5. The van der Waals surface area contributed by atoms with Crippen LogP contribution in [0, 0.1) is 11.3 Å².